The molecule has 1 aliphatic heterocycles. The fraction of sp³-hybridized carbons (Fsp3) is 0.556. The molecule has 0 aromatic heterocycles. The van der Waals surface area contributed by atoms with Gasteiger partial charge < -0.3 is 25.8 Å². The Balaban J connectivity index is 1.31. The van der Waals surface area contributed by atoms with Crippen LogP contribution in [0.4, 0.5) is 0 Å². The Hall–Kier alpha value is -2.08. The average Bonchev–Trinajstić information content (AvgIpc) is 2.83. The number of nitrogens with one attached hydrogen (secondary N) is 1. The quantitative estimate of drug-likeness (QED) is 0.396. The minimum absolute atomic E-state index is 0.362. The second kappa shape index (κ2) is 13.5. The number of hydrogen-bond donors (Lipinski definition) is 3. The third kappa shape index (κ3) is 7.51. The number of hydrogen-bond acceptors (Lipinski definition) is 5. The maximum absolute atomic E-state index is 9.95. The van der Waals surface area contributed by atoms with Crippen LogP contribution in [-0.4, -0.2) is 49.3 Å². The van der Waals surface area contributed by atoms with E-state index in [-0.39, 0.29) is 0 Å². The molecule has 0 aliphatic carbocycles. The highest BCUT2D eigenvalue weighted by atomic mass is 16.5. The lowest BCUT2D eigenvalue weighted by molar-refractivity contribution is 0.206. The first-order chi connectivity index (χ1) is 15.7. The molecule has 5 nitrogen and oxygen atoms in total. The second-order valence-electron chi connectivity index (χ2n) is 8.99. The maximum atomic E-state index is 9.95. The van der Waals surface area contributed by atoms with Crippen LogP contribution < -0.4 is 15.8 Å². The molecule has 2 aromatic rings. The molecule has 1 saturated heterocycles. The van der Waals surface area contributed by atoms with E-state index in [0.717, 1.165) is 24.2 Å². The van der Waals surface area contributed by atoms with E-state index in [1.54, 1.807) is 13.2 Å². The number of likely N-dealkylation sites (tertiary alicyclic amines) is 1. The number of phenols is 1. The van der Waals surface area contributed by atoms with Crippen LogP contribution in [0.1, 0.15) is 62.0 Å². The van der Waals surface area contributed by atoms with E-state index in [4.69, 9.17) is 10.5 Å². The zero-order valence-corrected chi connectivity index (χ0v) is 19.6. The lowest BCUT2D eigenvalue weighted by atomic mass is 9.88. The van der Waals surface area contributed by atoms with Gasteiger partial charge in [-0.1, -0.05) is 49.2 Å². The normalized spacial score (nSPS) is 16.2. The molecule has 1 aliphatic rings. The van der Waals surface area contributed by atoms with Crippen LogP contribution in [0, 0.1) is 0 Å². The molecule has 1 unspecified atom stereocenters. The van der Waals surface area contributed by atoms with Crippen molar-refractivity contribution in [2.24, 2.45) is 5.73 Å². The van der Waals surface area contributed by atoms with Crippen LogP contribution in [0.3, 0.4) is 0 Å². The molecule has 176 valence electrons. The summed E-state index contributed by atoms with van der Waals surface area (Å²) in [5, 5.41) is 13.5. The van der Waals surface area contributed by atoms with Crippen molar-refractivity contribution in [1.29, 1.82) is 0 Å². The number of ether oxygens (including phenoxy) is 1. The zero-order valence-electron chi connectivity index (χ0n) is 19.6. The smallest absolute Gasteiger partial charge is 0.122 e. The minimum atomic E-state index is 0.362. The van der Waals surface area contributed by atoms with E-state index < -0.39 is 0 Å². The summed E-state index contributed by atoms with van der Waals surface area (Å²) in [5.41, 5.74) is 8.15. The number of methoxy groups -OCH3 is 1. The monoisotopic (exact) mass is 439 g/mol. The van der Waals surface area contributed by atoms with Gasteiger partial charge in [-0.25, -0.2) is 0 Å². The molecule has 4 N–H and O–H groups in total. The van der Waals surface area contributed by atoms with E-state index in [0.29, 0.717) is 30.8 Å². The summed E-state index contributed by atoms with van der Waals surface area (Å²) >= 11 is 0. The third-order valence-electron chi connectivity index (χ3n) is 6.78. The largest absolute Gasteiger partial charge is 0.508 e. The lowest BCUT2D eigenvalue weighted by Gasteiger charge is -2.32. The van der Waals surface area contributed by atoms with Gasteiger partial charge in [0.2, 0.25) is 0 Å². The van der Waals surface area contributed by atoms with Crippen molar-refractivity contribution < 1.29 is 9.84 Å². The Bertz CT molecular complexity index is 790. The highest BCUT2D eigenvalue weighted by molar-refractivity contribution is 5.36. The van der Waals surface area contributed by atoms with Gasteiger partial charge in [0.1, 0.15) is 11.5 Å². The summed E-state index contributed by atoms with van der Waals surface area (Å²) in [4.78, 5) is 2.62. The number of unbranched alkanes of at least 4 members (excludes halogenated alkanes) is 2. The highest BCUT2D eigenvalue weighted by Gasteiger charge is 2.22. The van der Waals surface area contributed by atoms with Gasteiger partial charge in [-0.15, -0.1) is 0 Å². The van der Waals surface area contributed by atoms with Gasteiger partial charge in [0, 0.05) is 18.2 Å². The van der Waals surface area contributed by atoms with Crippen LogP contribution in [0.5, 0.6) is 11.5 Å². The van der Waals surface area contributed by atoms with Gasteiger partial charge >= 0.3 is 0 Å². The summed E-state index contributed by atoms with van der Waals surface area (Å²) in [5.74, 6) is 2.02. The number of phenolic OH excluding ortho intramolecular Hbond substituents is 1. The first-order valence-electron chi connectivity index (χ1n) is 12.3. The highest BCUT2D eigenvalue weighted by Crippen LogP contribution is 2.34. The Kier molecular flexibility index (Phi) is 10.3. The number of para-hydroxylation sites is 2. The van der Waals surface area contributed by atoms with Gasteiger partial charge in [-0.05, 0) is 81.9 Å². The fourth-order valence-electron chi connectivity index (χ4n) is 4.84. The molecule has 0 spiro atoms. The number of nitrogens with two attached hydrogens (primary N) is 1. The summed E-state index contributed by atoms with van der Waals surface area (Å²) in [6.45, 7) is 4.95. The fourth-order valence-corrected chi connectivity index (χ4v) is 4.84. The number of aromatic hydroxyl groups is 1. The number of nitrogens with zero attached hydrogens (tertiary/aromatic N) is 1. The van der Waals surface area contributed by atoms with E-state index in [9.17, 15) is 5.11 Å². The van der Waals surface area contributed by atoms with E-state index >= 15 is 0 Å². The standard InChI is InChI=1S/C27H41N3O2/c1-32-27-13-7-5-11-25(27)22-15-19-30(20-16-22)18-8-2-3-10-24(14-17-28)29-21-23-9-4-6-12-26(23)31/h4-7,9,11-13,22,24,29,31H,2-3,8,10,14-21,28H2,1H3. The van der Waals surface area contributed by atoms with Crippen molar-refractivity contribution in [1.82, 2.24) is 10.2 Å². The van der Waals surface area contributed by atoms with Gasteiger partial charge in [0.05, 0.1) is 7.11 Å². The number of benzene rings is 2. The first-order valence-corrected chi connectivity index (χ1v) is 12.3. The second-order valence-corrected chi connectivity index (χ2v) is 8.99. The zero-order chi connectivity index (χ0) is 22.6. The van der Waals surface area contributed by atoms with Crippen molar-refractivity contribution in [2.45, 2.75) is 63.5 Å². The molecule has 32 heavy (non-hydrogen) atoms. The molecule has 5 heteroatoms. The molecule has 0 radical (unpaired) electrons. The molecule has 2 aromatic carbocycles. The first kappa shape index (κ1) is 24.6. The summed E-state index contributed by atoms with van der Waals surface area (Å²) < 4.78 is 5.56. The van der Waals surface area contributed by atoms with Gasteiger partial charge in [0.25, 0.3) is 0 Å². The van der Waals surface area contributed by atoms with Gasteiger partial charge in [-0.3, -0.25) is 0 Å². The van der Waals surface area contributed by atoms with Gasteiger partial charge in [-0.2, -0.15) is 0 Å². The summed E-state index contributed by atoms with van der Waals surface area (Å²) in [6, 6.07) is 16.4. The molecule has 3 rings (SSSR count). The Morgan fingerprint density at radius 1 is 1.03 bits per heavy atom. The van der Waals surface area contributed by atoms with Crippen LogP contribution in [0.2, 0.25) is 0 Å². The Morgan fingerprint density at radius 3 is 2.53 bits per heavy atom. The van der Waals surface area contributed by atoms with Gasteiger partial charge in [0.15, 0.2) is 0 Å². The molecule has 1 heterocycles. The Morgan fingerprint density at radius 2 is 1.78 bits per heavy atom. The van der Waals surface area contributed by atoms with Crippen LogP contribution in [-0.2, 0) is 6.54 Å². The molecular weight excluding hydrogens is 398 g/mol. The van der Waals surface area contributed by atoms with E-state index in [2.05, 4.69) is 34.5 Å². The maximum Gasteiger partial charge on any atom is 0.122 e. The third-order valence-corrected chi connectivity index (χ3v) is 6.78. The Labute approximate surface area is 194 Å². The SMILES string of the molecule is COc1ccccc1C1CCN(CCCCCC(CCN)NCc2ccccc2O)CC1. The molecule has 1 fully saturated rings. The molecule has 0 amide bonds. The molecular formula is C27H41N3O2. The molecule has 0 saturated carbocycles. The molecule has 1 atom stereocenters. The summed E-state index contributed by atoms with van der Waals surface area (Å²) in [7, 11) is 1.77. The van der Waals surface area contributed by atoms with E-state index in [1.807, 2.05) is 18.2 Å². The predicted octanol–water partition coefficient (Wildman–Crippen LogP) is 4.65. The van der Waals surface area contributed by atoms with Crippen molar-refractivity contribution in [3.8, 4) is 11.5 Å². The topological polar surface area (TPSA) is 70.8 Å². The average molecular weight is 440 g/mol. The minimum Gasteiger partial charge on any atom is -0.508 e. The summed E-state index contributed by atoms with van der Waals surface area (Å²) in [6.07, 6.45) is 8.28. The predicted molar refractivity (Wildman–Crippen MR) is 132 cm³/mol. The van der Waals surface area contributed by atoms with Crippen molar-refractivity contribution in [3.05, 3.63) is 59.7 Å². The lowest BCUT2D eigenvalue weighted by Crippen LogP contribution is -2.34. The van der Waals surface area contributed by atoms with Crippen molar-refractivity contribution in [3.63, 3.8) is 0 Å². The molecule has 0 bridgehead atoms. The van der Waals surface area contributed by atoms with Crippen LogP contribution >= 0.6 is 0 Å². The van der Waals surface area contributed by atoms with Crippen LogP contribution in [0.15, 0.2) is 48.5 Å². The number of piperidine rings is 1. The van der Waals surface area contributed by atoms with E-state index in [1.165, 1.54) is 57.3 Å². The van der Waals surface area contributed by atoms with Crippen molar-refractivity contribution >= 4 is 0 Å². The van der Waals surface area contributed by atoms with Crippen LogP contribution in [0.25, 0.3) is 0 Å². The van der Waals surface area contributed by atoms with Crippen molar-refractivity contribution in [2.75, 3.05) is 33.3 Å². The number of rotatable bonds is 13.